The molecule has 0 aliphatic carbocycles. The number of nitrogens with one attached hydrogen (secondary N) is 1. The van der Waals surface area contributed by atoms with Gasteiger partial charge in [0.25, 0.3) is 10.0 Å². The second-order valence-corrected chi connectivity index (χ2v) is 7.57. The third-order valence-corrected chi connectivity index (χ3v) is 5.50. The minimum absolute atomic E-state index is 0.163. The average Bonchev–Trinajstić information content (AvgIpc) is 2.90. The van der Waals surface area contributed by atoms with Crippen LogP contribution in [0.25, 0.3) is 0 Å². The Morgan fingerprint density at radius 1 is 1.50 bits per heavy atom. The first kappa shape index (κ1) is 15.5. The third-order valence-electron chi connectivity index (χ3n) is 3.75. The van der Waals surface area contributed by atoms with E-state index in [0.717, 1.165) is 19.4 Å². The fraction of sp³-hybridized carbons (Fsp3) is 0.769. The van der Waals surface area contributed by atoms with Gasteiger partial charge in [-0.2, -0.15) is 4.31 Å². The maximum atomic E-state index is 12.6. The highest BCUT2D eigenvalue weighted by molar-refractivity contribution is 7.89. The Balaban J connectivity index is 2.16. The number of rotatable bonds is 5. The maximum absolute atomic E-state index is 12.6. The van der Waals surface area contributed by atoms with Crippen LogP contribution in [-0.2, 0) is 10.0 Å². The number of nitrogens with zero attached hydrogens (tertiary/aromatic N) is 3. The van der Waals surface area contributed by atoms with Crippen LogP contribution in [0.4, 0.5) is 0 Å². The molecule has 6 nitrogen and oxygen atoms in total. The van der Waals surface area contributed by atoms with E-state index in [1.54, 1.807) is 16.8 Å². The molecule has 1 aromatic rings. The van der Waals surface area contributed by atoms with Gasteiger partial charge in [0.15, 0.2) is 5.03 Å². The van der Waals surface area contributed by atoms with Gasteiger partial charge < -0.3 is 9.88 Å². The van der Waals surface area contributed by atoms with Crippen LogP contribution in [0, 0.1) is 5.92 Å². The highest BCUT2D eigenvalue weighted by Crippen LogP contribution is 2.23. The fourth-order valence-electron chi connectivity index (χ4n) is 2.57. The highest BCUT2D eigenvalue weighted by Gasteiger charge is 2.31. The molecule has 0 bridgehead atoms. The predicted molar refractivity (Wildman–Crippen MR) is 78.0 cm³/mol. The summed E-state index contributed by atoms with van der Waals surface area (Å²) in [7, 11) is -1.55. The van der Waals surface area contributed by atoms with Crippen LogP contribution in [-0.4, -0.2) is 49.0 Å². The molecule has 1 aromatic heterocycles. The van der Waals surface area contributed by atoms with Crippen molar-refractivity contribution in [3.8, 4) is 0 Å². The topological polar surface area (TPSA) is 67.2 Å². The number of hydrogen-bond acceptors (Lipinski definition) is 4. The molecule has 0 saturated carbocycles. The number of aromatic nitrogens is 2. The lowest BCUT2D eigenvalue weighted by atomic mass is 10.00. The molecule has 2 rings (SSSR count). The molecule has 2 heterocycles. The SMILES string of the molecule is CNC[C@@H]1CCCN(S(=O)(=O)c2cn(C(C)C)cn2)C1. The highest BCUT2D eigenvalue weighted by atomic mass is 32.2. The number of hydrogen-bond donors (Lipinski definition) is 1. The molecule has 1 aliphatic heterocycles. The van der Waals surface area contributed by atoms with Crippen molar-refractivity contribution in [1.82, 2.24) is 19.2 Å². The molecule has 1 saturated heterocycles. The van der Waals surface area contributed by atoms with E-state index in [-0.39, 0.29) is 11.1 Å². The van der Waals surface area contributed by atoms with Crippen LogP contribution in [0.3, 0.4) is 0 Å². The molecule has 114 valence electrons. The number of piperidine rings is 1. The Kier molecular flexibility index (Phi) is 4.82. The van der Waals surface area contributed by atoms with Gasteiger partial charge in [-0.15, -0.1) is 0 Å². The molecule has 1 atom stereocenters. The van der Waals surface area contributed by atoms with E-state index in [9.17, 15) is 8.42 Å². The molecule has 0 amide bonds. The van der Waals surface area contributed by atoms with E-state index < -0.39 is 10.0 Å². The zero-order chi connectivity index (χ0) is 14.8. The zero-order valence-corrected chi connectivity index (χ0v) is 13.2. The summed E-state index contributed by atoms with van der Waals surface area (Å²) >= 11 is 0. The lowest BCUT2D eigenvalue weighted by Gasteiger charge is -2.31. The van der Waals surface area contributed by atoms with Gasteiger partial charge in [-0.25, -0.2) is 13.4 Å². The lowest BCUT2D eigenvalue weighted by Crippen LogP contribution is -2.42. The van der Waals surface area contributed by atoms with Crippen molar-refractivity contribution >= 4 is 10.0 Å². The van der Waals surface area contributed by atoms with Gasteiger partial charge in [-0.3, -0.25) is 0 Å². The van der Waals surface area contributed by atoms with Crippen LogP contribution < -0.4 is 5.32 Å². The van der Waals surface area contributed by atoms with Gasteiger partial charge in [0.1, 0.15) is 0 Å². The number of sulfonamides is 1. The van der Waals surface area contributed by atoms with E-state index in [1.165, 1.54) is 0 Å². The van der Waals surface area contributed by atoms with E-state index in [2.05, 4.69) is 10.3 Å². The standard InChI is InChI=1S/C13H24N4O2S/c1-11(2)16-9-13(15-10-16)20(18,19)17-6-4-5-12(8-17)7-14-3/h9-12,14H,4-8H2,1-3H3/t12-/m0/s1. The second kappa shape index (κ2) is 6.24. The van der Waals surface area contributed by atoms with Gasteiger partial charge in [0.2, 0.25) is 0 Å². The van der Waals surface area contributed by atoms with Gasteiger partial charge in [-0.05, 0) is 46.2 Å². The maximum Gasteiger partial charge on any atom is 0.262 e. The molecule has 0 spiro atoms. The summed E-state index contributed by atoms with van der Waals surface area (Å²) in [5.74, 6) is 0.385. The lowest BCUT2D eigenvalue weighted by molar-refractivity contribution is 0.263. The van der Waals surface area contributed by atoms with Crippen molar-refractivity contribution < 1.29 is 8.42 Å². The predicted octanol–water partition coefficient (Wildman–Crippen LogP) is 1.08. The molecule has 1 aliphatic rings. The van der Waals surface area contributed by atoms with Crippen molar-refractivity contribution in [3.63, 3.8) is 0 Å². The summed E-state index contributed by atoms with van der Waals surface area (Å²) in [5.41, 5.74) is 0. The van der Waals surface area contributed by atoms with Crippen LogP contribution >= 0.6 is 0 Å². The van der Waals surface area contributed by atoms with Crippen molar-refractivity contribution in [2.24, 2.45) is 5.92 Å². The molecule has 0 radical (unpaired) electrons. The first-order valence-corrected chi connectivity index (χ1v) is 8.57. The van der Waals surface area contributed by atoms with Crippen LogP contribution in [0.1, 0.15) is 32.7 Å². The Morgan fingerprint density at radius 3 is 2.85 bits per heavy atom. The summed E-state index contributed by atoms with van der Waals surface area (Å²) < 4.78 is 28.6. The molecule has 0 aromatic carbocycles. The molecule has 7 heteroatoms. The molecule has 1 N–H and O–H groups in total. The third kappa shape index (κ3) is 3.21. The van der Waals surface area contributed by atoms with Crippen LogP contribution in [0.5, 0.6) is 0 Å². The minimum Gasteiger partial charge on any atom is -0.334 e. The summed E-state index contributed by atoms with van der Waals surface area (Å²) in [6.07, 6.45) is 5.21. The largest absolute Gasteiger partial charge is 0.334 e. The van der Waals surface area contributed by atoms with E-state index >= 15 is 0 Å². The van der Waals surface area contributed by atoms with Gasteiger partial charge >= 0.3 is 0 Å². The van der Waals surface area contributed by atoms with Crippen molar-refractivity contribution in [2.75, 3.05) is 26.7 Å². The monoisotopic (exact) mass is 300 g/mol. The van der Waals surface area contributed by atoms with Crippen LogP contribution in [0.2, 0.25) is 0 Å². The van der Waals surface area contributed by atoms with Crippen molar-refractivity contribution in [2.45, 2.75) is 37.8 Å². The normalized spacial score (nSPS) is 21.5. The van der Waals surface area contributed by atoms with Crippen LogP contribution in [0.15, 0.2) is 17.6 Å². The molecule has 20 heavy (non-hydrogen) atoms. The summed E-state index contributed by atoms with van der Waals surface area (Å²) in [6.45, 7) is 6.03. The summed E-state index contributed by atoms with van der Waals surface area (Å²) in [5, 5.41) is 3.29. The Labute approximate surface area is 121 Å². The van der Waals surface area contributed by atoms with Gasteiger partial charge in [-0.1, -0.05) is 0 Å². The quantitative estimate of drug-likeness (QED) is 0.884. The van der Waals surface area contributed by atoms with E-state index in [1.807, 2.05) is 25.5 Å². The van der Waals surface area contributed by atoms with Gasteiger partial charge in [0.05, 0.1) is 6.33 Å². The molecular formula is C13H24N4O2S. The van der Waals surface area contributed by atoms with E-state index in [0.29, 0.717) is 19.0 Å². The first-order chi connectivity index (χ1) is 9.45. The number of imidazole rings is 1. The molecule has 0 unspecified atom stereocenters. The Morgan fingerprint density at radius 2 is 2.25 bits per heavy atom. The first-order valence-electron chi connectivity index (χ1n) is 7.13. The Bertz CT molecular complexity index is 536. The minimum atomic E-state index is -3.45. The summed E-state index contributed by atoms with van der Waals surface area (Å²) in [4.78, 5) is 4.07. The fourth-order valence-corrected chi connectivity index (χ4v) is 4.04. The average molecular weight is 300 g/mol. The van der Waals surface area contributed by atoms with Crippen molar-refractivity contribution in [1.29, 1.82) is 0 Å². The second-order valence-electron chi connectivity index (χ2n) is 5.68. The molecule has 1 fully saturated rings. The van der Waals surface area contributed by atoms with Crippen molar-refractivity contribution in [3.05, 3.63) is 12.5 Å². The smallest absolute Gasteiger partial charge is 0.262 e. The molecular weight excluding hydrogens is 276 g/mol. The van der Waals surface area contributed by atoms with E-state index in [4.69, 9.17) is 0 Å². The van der Waals surface area contributed by atoms with Gasteiger partial charge in [0, 0.05) is 25.3 Å². The summed E-state index contributed by atoms with van der Waals surface area (Å²) in [6, 6.07) is 0.213. The Hall–Kier alpha value is -0.920. The zero-order valence-electron chi connectivity index (χ0n) is 12.4.